The molecule has 0 amide bonds. The second-order valence-corrected chi connectivity index (χ2v) is 3.91. The van der Waals surface area contributed by atoms with E-state index in [0.29, 0.717) is 10.8 Å². The first-order chi connectivity index (χ1) is 8.58. The SMILES string of the molecule is O=C(O)c1cc2c3c(cccc3c1)C(=O)OC2=O. The highest BCUT2D eigenvalue weighted by Gasteiger charge is 2.28. The van der Waals surface area contributed by atoms with Crippen molar-refractivity contribution in [1.82, 2.24) is 0 Å². The summed E-state index contributed by atoms with van der Waals surface area (Å²) in [6.45, 7) is 0. The first kappa shape index (κ1) is 10.5. The molecule has 0 aromatic heterocycles. The van der Waals surface area contributed by atoms with Gasteiger partial charge >= 0.3 is 17.9 Å². The Labute approximate surface area is 101 Å². The van der Waals surface area contributed by atoms with Crippen molar-refractivity contribution in [3.63, 3.8) is 0 Å². The molecular weight excluding hydrogens is 236 g/mol. The average molecular weight is 242 g/mol. The van der Waals surface area contributed by atoms with Gasteiger partial charge in [-0.3, -0.25) is 0 Å². The Balaban J connectivity index is 2.48. The van der Waals surface area contributed by atoms with E-state index in [0.717, 1.165) is 0 Å². The number of carbonyl (C=O) groups excluding carboxylic acids is 2. The van der Waals surface area contributed by atoms with Crippen molar-refractivity contribution in [3.05, 3.63) is 47.0 Å². The minimum absolute atomic E-state index is 0.0130. The van der Waals surface area contributed by atoms with Gasteiger partial charge in [0, 0.05) is 5.39 Å². The molecular formula is C13H6O5. The highest BCUT2D eigenvalue weighted by molar-refractivity contribution is 6.21. The zero-order valence-electron chi connectivity index (χ0n) is 8.97. The minimum Gasteiger partial charge on any atom is -0.478 e. The Morgan fingerprint density at radius 2 is 1.78 bits per heavy atom. The number of rotatable bonds is 1. The van der Waals surface area contributed by atoms with Crippen LogP contribution in [0.5, 0.6) is 0 Å². The molecule has 0 saturated carbocycles. The fraction of sp³-hybridized carbons (Fsp3) is 0. The maximum absolute atomic E-state index is 11.6. The third-order valence-corrected chi connectivity index (χ3v) is 2.85. The molecule has 3 rings (SSSR count). The van der Waals surface area contributed by atoms with Crippen LogP contribution < -0.4 is 0 Å². The van der Waals surface area contributed by atoms with Gasteiger partial charge in [-0.15, -0.1) is 0 Å². The molecule has 0 radical (unpaired) electrons. The third kappa shape index (κ3) is 1.31. The van der Waals surface area contributed by atoms with Crippen LogP contribution in [0.1, 0.15) is 31.1 Å². The summed E-state index contributed by atoms with van der Waals surface area (Å²) < 4.78 is 4.57. The van der Waals surface area contributed by atoms with Crippen LogP contribution in [0, 0.1) is 0 Å². The van der Waals surface area contributed by atoms with E-state index in [4.69, 9.17) is 5.11 Å². The molecule has 2 aromatic carbocycles. The van der Waals surface area contributed by atoms with Crippen LogP contribution in [0.3, 0.4) is 0 Å². The lowest BCUT2D eigenvalue weighted by molar-refractivity contribution is 0.0391. The number of hydrogen-bond donors (Lipinski definition) is 1. The lowest BCUT2D eigenvalue weighted by Gasteiger charge is -2.15. The summed E-state index contributed by atoms with van der Waals surface area (Å²) >= 11 is 0. The molecule has 5 nitrogen and oxygen atoms in total. The van der Waals surface area contributed by atoms with Crippen LogP contribution in [-0.4, -0.2) is 23.0 Å². The zero-order valence-corrected chi connectivity index (χ0v) is 8.97. The second-order valence-electron chi connectivity index (χ2n) is 3.91. The van der Waals surface area contributed by atoms with Crippen LogP contribution in [0.15, 0.2) is 30.3 Å². The fourth-order valence-corrected chi connectivity index (χ4v) is 2.08. The second kappa shape index (κ2) is 3.40. The van der Waals surface area contributed by atoms with Gasteiger partial charge in [-0.25, -0.2) is 14.4 Å². The molecule has 0 bridgehead atoms. The molecule has 0 aliphatic carbocycles. The van der Waals surface area contributed by atoms with E-state index in [1.54, 1.807) is 18.2 Å². The summed E-state index contributed by atoms with van der Waals surface area (Å²) in [4.78, 5) is 34.1. The number of esters is 2. The lowest BCUT2D eigenvalue weighted by Crippen LogP contribution is -2.20. The number of ether oxygens (including phenoxy) is 1. The standard InChI is InChI=1S/C13H6O5/c14-11(15)7-4-6-2-1-3-8-10(6)9(5-7)13(17)18-12(8)16/h1-5H,(H,14,15). The van der Waals surface area contributed by atoms with Gasteiger partial charge in [-0.05, 0) is 23.6 Å². The molecule has 18 heavy (non-hydrogen) atoms. The molecule has 1 aliphatic heterocycles. The molecule has 0 spiro atoms. The molecule has 0 fully saturated rings. The number of carbonyl (C=O) groups is 3. The van der Waals surface area contributed by atoms with E-state index in [-0.39, 0.29) is 16.7 Å². The smallest absolute Gasteiger partial charge is 0.346 e. The van der Waals surface area contributed by atoms with E-state index in [9.17, 15) is 14.4 Å². The third-order valence-electron chi connectivity index (χ3n) is 2.85. The molecule has 2 aromatic rings. The molecule has 1 aliphatic rings. The Bertz CT molecular complexity index is 729. The highest BCUT2D eigenvalue weighted by atomic mass is 16.6. The summed E-state index contributed by atoms with van der Waals surface area (Å²) in [7, 11) is 0. The van der Waals surface area contributed by atoms with E-state index in [1.165, 1.54) is 12.1 Å². The fourth-order valence-electron chi connectivity index (χ4n) is 2.08. The Hall–Kier alpha value is -2.69. The maximum atomic E-state index is 11.6. The first-order valence-electron chi connectivity index (χ1n) is 5.14. The van der Waals surface area contributed by atoms with Crippen molar-refractivity contribution in [3.8, 4) is 0 Å². The van der Waals surface area contributed by atoms with Crippen LogP contribution in [0.25, 0.3) is 10.8 Å². The van der Waals surface area contributed by atoms with Crippen molar-refractivity contribution in [2.45, 2.75) is 0 Å². The van der Waals surface area contributed by atoms with Crippen LogP contribution >= 0.6 is 0 Å². The van der Waals surface area contributed by atoms with Gasteiger partial charge in [-0.2, -0.15) is 0 Å². The first-order valence-corrected chi connectivity index (χ1v) is 5.14. The molecule has 5 heteroatoms. The number of benzene rings is 2. The number of carboxylic acids is 1. The number of cyclic esters (lactones) is 2. The molecule has 1 heterocycles. The molecule has 88 valence electrons. The summed E-state index contributed by atoms with van der Waals surface area (Å²) in [6.07, 6.45) is 0. The van der Waals surface area contributed by atoms with Crippen LogP contribution in [0.4, 0.5) is 0 Å². The minimum atomic E-state index is -1.14. The number of hydrogen-bond acceptors (Lipinski definition) is 4. The summed E-state index contributed by atoms with van der Waals surface area (Å²) in [5.41, 5.74) is 0.375. The summed E-state index contributed by atoms with van der Waals surface area (Å²) in [6, 6.07) is 7.46. The lowest BCUT2D eigenvalue weighted by atomic mass is 9.95. The molecule has 0 unspecified atom stereocenters. The predicted octanol–water partition coefficient (Wildman–Crippen LogP) is 1.85. The Morgan fingerprint density at radius 3 is 2.50 bits per heavy atom. The largest absolute Gasteiger partial charge is 0.478 e. The van der Waals surface area contributed by atoms with Crippen molar-refractivity contribution in [2.24, 2.45) is 0 Å². The van der Waals surface area contributed by atoms with Crippen molar-refractivity contribution in [2.75, 3.05) is 0 Å². The Morgan fingerprint density at radius 1 is 1.06 bits per heavy atom. The van der Waals surface area contributed by atoms with E-state index < -0.39 is 17.9 Å². The van der Waals surface area contributed by atoms with Gasteiger partial charge in [0.1, 0.15) is 0 Å². The number of carboxylic acid groups (broad SMARTS) is 1. The van der Waals surface area contributed by atoms with Crippen molar-refractivity contribution in [1.29, 1.82) is 0 Å². The van der Waals surface area contributed by atoms with Gasteiger partial charge in [0.2, 0.25) is 0 Å². The van der Waals surface area contributed by atoms with Crippen LogP contribution in [-0.2, 0) is 4.74 Å². The topological polar surface area (TPSA) is 80.7 Å². The van der Waals surface area contributed by atoms with Gasteiger partial charge < -0.3 is 9.84 Å². The molecule has 1 N–H and O–H groups in total. The monoisotopic (exact) mass is 242 g/mol. The number of aromatic carboxylic acids is 1. The highest BCUT2D eigenvalue weighted by Crippen LogP contribution is 2.29. The molecule has 0 saturated heterocycles. The van der Waals surface area contributed by atoms with Gasteiger partial charge in [0.25, 0.3) is 0 Å². The Kier molecular flexibility index (Phi) is 1.98. The van der Waals surface area contributed by atoms with E-state index >= 15 is 0 Å². The average Bonchev–Trinajstić information content (AvgIpc) is 2.35. The van der Waals surface area contributed by atoms with E-state index in [2.05, 4.69) is 4.74 Å². The maximum Gasteiger partial charge on any atom is 0.346 e. The van der Waals surface area contributed by atoms with Crippen LogP contribution in [0.2, 0.25) is 0 Å². The summed E-state index contributed by atoms with van der Waals surface area (Å²) in [5.74, 6) is -2.66. The van der Waals surface area contributed by atoms with Crippen molar-refractivity contribution < 1.29 is 24.2 Å². The normalized spacial score (nSPS) is 13.6. The van der Waals surface area contributed by atoms with E-state index in [1.807, 2.05) is 0 Å². The predicted molar refractivity (Wildman–Crippen MR) is 60.7 cm³/mol. The van der Waals surface area contributed by atoms with Gasteiger partial charge in [0.05, 0.1) is 16.7 Å². The van der Waals surface area contributed by atoms with Crippen molar-refractivity contribution >= 4 is 28.7 Å². The zero-order chi connectivity index (χ0) is 12.9. The summed E-state index contributed by atoms with van der Waals surface area (Å²) in [5, 5.41) is 9.95. The molecule has 0 atom stereocenters. The van der Waals surface area contributed by atoms with Gasteiger partial charge in [-0.1, -0.05) is 12.1 Å². The quantitative estimate of drug-likeness (QED) is 0.609. The van der Waals surface area contributed by atoms with Gasteiger partial charge in [0.15, 0.2) is 0 Å².